The zero-order valence-electron chi connectivity index (χ0n) is 5.52. The minimum atomic E-state index is -0.518. The summed E-state index contributed by atoms with van der Waals surface area (Å²) in [6.07, 6.45) is 2.81. The fourth-order valence-electron chi connectivity index (χ4n) is 2.03. The molecule has 2 saturated heterocycles. The quantitative estimate of drug-likeness (QED) is 0.475. The molecule has 1 unspecified atom stereocenters. The number of alkyl halides is 1. The molecule has 0 N–H and O–H groups in total. The number of halogens is 1. The second-order valence-electron chi connectivity index (χ2n) is 3.12. The molecule has 0 radical (unpaired) electrons. The summed E-state index contributed by atoms with van der Waals surface area (Å²) in [5, 5.41) is 0. The van der Waals surface area contributed by atoms with E-state index in [1.807, 2.05) is 0 Å². The summed E-state index contributed by atoms with van der Waals surface area (Å²) < 4.78 is 12.6. The van der Waals surface area contributed by atoms with Gasteiger partial charge in [-0.05, 0) is 25.8 Å². The maximum absolute atomic E-state index is 12.6. The van der Waals surface area contributed by atoms with Crippen LogP contribution in [-0.4, -0.2) is 30.2 Å². The summed E-state index contributed by atoms with van der Waals surface area (Å²) in [7, 11) is 0. The highest BCUT2D eigenvalue weighted by molar-refractivity contribution is 4.89. The number of fused-ring (bicyclic) bond motifs is 1. The number of hydrogen-bond acceptors (Lipinski definition) is 1. The zero-order valence-corrected chi connectivity index (χ0v) is 5.52. The Morgan fingerprint density at radius 3 is 3.11 bits per heavy atom. The van der Waals surface area contributed by atoms with Crippen molar-refractivity contribution in [2.24, 2.45) is 0 Å². The predicted octanol–water partition coefficient (Wildman–Crippen LogP) is 1.19. The summed E-state index contributed by atoms with van der Waals surface area (Å²) in [5.74, 6) is 0. The molecule has 2 heterocycles. The molecule has 0 amide bonds. The highest BCUT2D eigenvalue weighted by atomic mass is 19.1. The molecule has 1 nitrogen and oxygen atoms in total. The van der Waals surface area contributed by atoms with Gasteiger partial charge in [-0.3, -0.25) is 4.90 Å². The molecule has 9 heavy (non-hydrogen) atoms. The number of rotatable bonds is 0. The second-order valence-corrected chi connectivity index (χ2v) is 3.12. The van der Waals surface area contributed by atoms with Crippen molar-refractivity contribution in [2.45, 2.75) is 31.5 Å². The first kappa shape index (κ1) is 5.66. The van der Waals surface area contributed by atoms with Crippen LogP contribution in [0.3, 0.4) is 0 Å². The highest BCUT2D eigenvalue weighted by Gasteiger charge is 2.34. The first-order valence-electron chi connectivity index (χ1n) is 3.74. The summed E-state index contributed by atoms with van der Waals surface area (Å²) in [6.45, 7) is 1.86. The zero-order chi connectivity index (χ0) is 6.27. The Hall–Kier alpha value is -0.110. The van der Waals surface area contributed by atoms with Crippen molar-refractivity contribution >= 4 is 0 Å². The average molecular weight is 129 g/mol. The molecule has 52 valence electrons. The van der Waals surface area contributed by atoms with Gasteiger partial charge in [0.1, 0.15) is 6.17 Å². The van der Waals surface area contributed by atoms with Gasteiger partial charge in [0.15, 0.2) is 0 Å². The van der Waals surface area contributed by atoms with Crippen LogP contribution in [0.1, 0.15) is 19.3 Å². The molecule has 2 aliphatic heterocycles. The molecule has 2 heteroatoms. The fourth-order valence-corrected chi connectivity index (χ4v) is 2.03. The van der Waals surface area contributed by atoms with Crippen LogP contribution in [0.4, 0.5) is 4.39 Å². The van der Waals surface area contributed by atoms with Crippen LogP contribution >= 0.6 is 0 Å². The molecular formula is C7H12FN. The van der Waals surface area contributed by atoms with E-state index in [0.29, 0.717) is 12.6 Å². The molecule has 0 saturated carbocycles. The lowest BCUT2D eigenvalue weighted by molar-refractivity contribution is 0.292. The SMILES string of the molecule is F[C@@H]1CC2CCCN2C1. The maximum Gasteiger partial charge on any atom is 0.114 e. The number of nitrogens with zero attached hydrogens (tertiary/aromatic N) is 1. The average Bonchev–Trinajstić information content (AvgIpc) is 2.22. The van der Waals surface area contributed by atoms with E-state index in [0.717, 1.165) is 13.0 Å². The topological polar surface area (TPSA) is 3.24 Å². The molecule has 2 fully saturated rings. The lowest BCUT2D eigenvalue weighted by Crippen LogP contribution is -2.22. The van der Waals surface area contributed by atoms with E-state index in [-0.39, 0.29) is 0 Å². The standard InChI is InChI=1S/C7H12FN/c8-6-4-7-2-1-3-9(7)5-6/h6-7H,1-5H2/t6-,7?/m1/s1. The van der Waals surface area contributed by atoms with Crippen molar-refractivity contribution in [1.82, 2.24) is 4.90 Å². The van der Waals surface area contributed by atoms with Crippen LogP contribution in [0.15, 0.2) is 0 Å². The summed E-state index contributed by atoms with van der Waals surface area (Å²) in [6, 6.07) is 0.611. The Morgan fingerprint density at radius 1 is 1.44 bits per heavy atom. The van der Waals surface area contributed by atoms with E-state index >= 15 is 0 Å². The summed E-state index contributed by atoms with van der Waals surface area (Å²) in [5.41, 5.74) is 0. The maximum atomic E-state index is 12.6. The van der Waals surface area contributed by atoms with Gasteiger partial charge in [-0.25, -0.2) is 4.39 Å². The van der Waals surface area contributed by atoms with Gasteiger partial charge in [0.05, 0.1) is 0 Å². The smallest absolute Gasteiger partial charge is 0.114 e. The Bertz CT molecular complexity index is 103. The van der Waals surface area contributed by atoms with Gasteiger partial charge < -0.3 is 0 Å². The lowest BCUT2D eigenvalue weighted by Gasteiger charge is -2.11. The van der Waals surface area contributed by atoms with E-state index < -0.39 is 6.17 Å². The van der Waals surface area contributed by atoms with Gasteiger partial charge in [-0.1, -0.05) is 0 Å². The van der Waals surface area contributed by atoms with Gasteiger partial charge in [-0.2, -0.15) is 0 Å². The van der Waals surface area contributed by atoms with Crippen molar-refractivity contribution in [3.63, 3.8) is 0 Å². The second kappa shape index (κ2) is 1.94. The van der Waals surface area contributed by atoms with Crippen LogP contribution < -0.4 is 0 Å². The van der Waals surface area contributed by atoms with Crippen molar-refractivity contribution in [2.75, 3.05) is 13.1 Å². The third-order valence-corrected chi connectivity index (χ3v) is 2.46. The van der Waals surface area contributed by atoms with Crippen molar-refractivity contribution in [1.29, 1.82) is 0 Å². The molecule has 2 atom stereocenters. The van der Waals surface area contributed by atoms with Crippen LogP contribution in [0.25, 0.3) is 0 Å². The van der Waals surface area contributed by atoms with Gasteiger partial charge in [0, 0.05) is 12.6 Å². The van der Waals surface area contributed by atoms with Crippen molar-refractivity contribution in [3.05, 3.63) is 0 Å². The van der Waals surface area contributed by atoms with E-state index in [2.05, 4.69) is 4.90 Å². The molecular weight excluding hydrogens is 117 g/mol. The van der Waals surface area contributed by atoms with Crippen LogP contribution in [-0.2, 0) is 0 Å². The molecule has 0 aromatic heterocycles. The Morgan fingerprint density at radius 2 is 2.33 bits per heavy atom. The molecule has 0 aromatic carbocycles. The van der Waals surface area contributed by atoms with Crippen LogP contribution in [0.2, 0.25) is 0 Å². The van der Waals surface area contributed by atoms with E-state index in [1.54, 1.807) is 0 Å². The molecule has 0 aromatic rings. The highest BCUT2D eigenvalue weighted by Crippen LogP contribution is 2.28. The van der Waals surface area contributed by atoms with Crippen LogP contribution in [0.5, 0.6) is 0 Å². The van der Waals surface area contributed by atoms with Gasteiger partial charge in [0.25, 0.3) is 0 Å². The van der Waals surface area contributed by atoms with E-state index in [1.165, 1.54) is 12.8 Å². The number of hydrogen-bond donors (Lipinski definition) is 0. The predicted molar refractivity (Wildman–Crippen MR) is 34.1 cm³/mol. The molecule has 2 rings (SSSR count). The van der Waals surface area contributed by atoms with E-state index in [4.69, 9.17) is 0 Å². The fraction of sp³-hybridized carbons (Fsp3) is 1.00. The van der Waals surface area contributed by atoms with E-state index in [9.17, 15) is 4.39 Å². The minimum Gasteiger partial charge on any atom is -0.297 e. The Balaban J connectivity index is 2.02. The first-order valence-corrected chi connectivity index (χ1v) is 3.74. The Kier molecular flexibility index (Phi) is 1.22. The summed E-state index contributed by atoms with van der Waals surface area (Å²) in [4.78, 5) is 2.28. The lowest BCUT2D eigenvalue weighted by atomic mass is 10.1. The third kappa shape index (κ3) is 0.855. The van der Waals surface area contributed by atoms with Gasteiger partial charge in [-0.15, -0.1) is 0 Å². The Labute approximate surface area is 54.8 Å². The molecule has 0 bridgehead atoms. The van der Waals surface area contributed by atoms with Gasteiger partial charge >= 0.3 is 0 Å². The van der Waals surface area contributed by atoms with Crippen LogP contribution in [0, 0.1) is 0 Å². The molecule has 0 aliphatic carbocycles. The largest absolute Gasteiger partial charge is 0.297 e. The van der Waals surface area contributed by atoms with Gasteiger partial charge in [0.2, 0.25) is 0 Å². The molecule has 2 aliphatic rings. The van der Waals surface area contributed by atoms with Crippen molar-refractivity contribution in [3.8, 4) is 0 Å². The summed E-state index contributed by atoms with van der Waals surface area (Å²) >= 11 is 0. The minimum absolute atomic E-state index is 0.518. The first-order chi connectivity index (χ1) is 4.36. The van der Waals surface area contributed by atoms with Crippen molar-refractivity contribution < 1.29 is 4.39 Å². The molecule has 0 spiro atoms. The normalized spacial score (nSPS) is 43.7. The monoisotopic (exact) mass is 129 g/mol. The third-order valence-electron chi connectivity index (χ3n) is 2.46.